The number of carbonyl (C=O) groups excluding carboxylic acids is 3. The predicted molar refractivity (Wildman–Crippen MR) is 186 cm³/mol. The minimum absolute atomic E-state index is 0.00842. The lowest BCUT2D eigenvalue weighted by Gasteiger charge is -2.30. The summed E-state index contributed by atoms with van der Waals surface area (Å²) in [6.07, 6.45) is 5.70. The van der Waals surface area contributed by atoms with Gasteiger partial charge in [-0.1, -0.05) is 31.1 Å². The van der Waals surface area contributed by atoms with Crippen molar-refractivity contribution in [1.29, 1.82) is 0 Å². The number of ether oxygens (including phenoxy) is 2. The van der Waals surface area contributed by atoms with Gasteiger partial charge in [-0.2, -0.15) is 0 Å². The maximum Gasteiger partial charge on any atom is 0.408 e. The number of fused-ring (bicyclic) bond motifs is 3. The van der Waals surface area contributed by atoms with Gasteiger partial charge in [-0.05, 0) is 76.1 Å². The minimum Gasteiger partial charge on any atom is -0.479 e. The molecule has 3 unspecified atom stereocenters. The van der Waals surface area contributed by atoms with Gasteiger partial charge in [0.2, 0.25) is 17.7 Å². The van der Waals surface area contributed by atoms with Gasteiger partial charge in [0.05, 0.1) is 28.0 Å². The second-order valence-corrected chi connectivity index (χ2v) is 15.1. The number of carboxylic acids is 2. The Morgan fingerprint density at radius 2 is 1.88 bits per heavy atom. The highest BCUT2D eigenvalue weighted by molar-refractivity contribution is 7.13. The monoisotopic (exact) mass is 719 g/mol. The van der Waals surface area contributed by atoms with E-state index in [-0.39, 0.29) is 36.7 Å². The molecular formula is C36H41N5O9S. The third-order valence-electron chi connectivity index (χ3n) is 9.22. The van der Waals surface area contributed by atoms with Gasteiger partial charge in [0.15, 0.2) is 0 Å². The van der Waals surface area contributed by atoms with E-state index in [1.54, 1.807) is 20.8 Å². The van der Waals surface area contributed by atoms with Gasteiger partial charge in [-0.3, -0.25) is 9.59 Å². The molecule has 15 heteroatoms. The molecule has 0 bridgehead atoms. The Labute approximate surface area is 298 Å². The number of nitrogens with zero attached hydrogens (tertiary/aromatic N) is 3. The minimum atomic E-state index is -1.49. The first-order chi connectivity index (χ1) is 24.2. The standard InChI is InChI=1S/C36H41N5O9S/c1-35(2,3)50-34(48)39-24-11-8-6-4-5-7-10-21-18-36(21,33(46)47)40-29(42)26-17-22(19-41(26)31(24)43)49-30-28(27-12-9-15-51-27)37-25-16-20(32(44)45)13-14-23(25)38-30/h7,9-10,12-16,21-22,24,26H,4-6,8,11,17-19H2,1-3H3,(H,39,48)(H,40,42)(H,44,45)(H,46,47)/b10-7-/t21?,22-,24+,26?,36?/m1/s1. The average Bonchev–Trinajstić information content (AvgIpc) is 3.37. The Morgan fingerprint density at radius 1 is 1.08 bits per heavy atom. The number of hydrogen-bond acceptors (Lipinski definition) is 10. The molecule has 0 radical (unpaired) electrons. The summed E-state index contributed by atoms with van der Waals surface area (Å²) in [6, 6.07) is 5.90. The number of carbonyl (C=O) groups is 5. The summed E-state index contributed by atoms with van der Waals surface area (Å²) in [6.45, 7) is 5.09. The first-order valence-electron chi connectivity index (χ1n) is 17.0. The van der Waals surface area contributed by atoms with Crippen LogP contribution in [0.15, 0.2) is 47.9 Å². The van der Waals surface area contributed by atoms with Crippen LogP contribution in [0.3, 0.4) is 0 Å². The Kier molecular flexibility index (Phi) is 10.0. The number of benzene rings is 1. The number of thiophene rings is 1. The van der Waals surface area contributed by atoms with E-state index in [0.29, 0.717) is 34.4 Å². The fourth-order valence-electron chi connectivity index (χ4n) is 6.58. The molecule has 1 saturated carbocycles. The Hall–Kier alpha value is -5.05. The summed E-state index contributed by atoms with van der Waals surface area (Å²) < 4.78 is 11.9. The number of aromatic carboxylic acids is 1. The van der Waals surface area contributed by atoms with Crippen molar-refractivity contribution < 1.29 is 43.7 Å². The van der Waals surface area contributed by atoms with Gasteiger partial charge in [0.25, 0.3) is 0 Å². The number of aliphatic carboxylic acids is 1. The quantitative estimate of drug-likeness (QED) is 0.256. The van der Waals surface area contributed by atoms with Gasteiger partial charge in [0.1, 0.15) is 35.0 Å². The highest BCUT2D eigenvalue weighted by Gasteiger charge is 2.61. The van der Waals surface area contributed by atoms with E-state index in [0.717, 1.165) is 19.3 Å². The fourth-order valence-corrected chi connectivity index (χ4v) is 7.29. The molecule has 3 aliphatic rings. The molecule has 0 spiro atoms. The van der Waals surface area contributed by atoms with Crippen LogP contribution in [0.5, 0.6) is 5.88 Å². The third-order valence-corrected chi connectivity index (χ3v) is 10.1. The maximum atomic E-state index is 14.3. The van der Waals surface area contributed by atoms with E-state index in [2.05, 4.69) is 15.6 Å². The van der Waals surface area contributed by atoms with Crippen molar-refractivity contribution in [1.82, 2.24) is 25.5 Å². The molecule has 14 nitrogen and oxygen atoms in total. The molecule has 2 fully saturated rings. The van der Waals surface area contributed by atoms with Crippen LogP contribution >= 0.6 is 11.3 Å². The summed E-state index contributed by atoms with van der Waals surface area (Å²) in [5.74, 6) is -3.66. The number of rotatable bonds is 6. The molecule has 1 aromatic carbocycles. The normalized spacial score (nSPS) is 26.1. The van der Waals surface area contributed by atoms with Crippen LogP contribution in [0.2, 0.25) is 0 Å². The van der Waals surface area contributed by atoms with Crippen molar-refractivity contribution in [2.45, 2.75) is 95.0 Å². The van der Waals surface area contributed by atoms with Crippen molar-refractivity contribution in [3.63, 3.8) is 0 Å². The van der Waals surface area contributed by atoms with Crippen molar-refractivity contribution in [3.8, 4) is 16.5 Å². The van der Waals surface area contributed by atoms with E-state index >= 15 is 0 Å². The molecule has 270 valence electrons. The second kappa shape index (κ2) is 14.3. The van der Waals surface area contributed by atoms with Crippen LogP contribution in [-0.2, 0) is 19.1 Å². The van der Waals surface area contributed by atoms with E-state index in [1.807, 2.05) is 29.7 Å². The zero-order chi connectivity index (χ0) is 36.5. The first kappa shape index (κ1) is 35.8. The van der Waals surface area contributed by atoms with Crippen molar-refractivity contribution in [3.05, 3.63) is 53.4 Å². The van der Waals surface area contributed by atoms with Crippen LogP contribution in [-0.4, -0.2) is 90.8 Å². The van der Waals surface area contributed by atoms with Crippen LogP contribution in [0.1, 0.15) is 76.1 Å². The highest BCUT2D eigenvalue weighted by Crippen LogP contribution is 2.45. The largest absolute Gasteiger partial charge is 0.479 e. The molecule has 3 aromatic rings. The van der Waals surface area contributed by atoms with Gasteiger partial charge < -0.3 is 35.2 Å². The van der Waals surface area contributed by atoms with Gasteiger partial charge in [-0.25, -0.2) is 24.4 Å². The van der Waals surface area contributed by atoms with Crippen molar-refractivity contribution in [2.24, 2.45) is 5.92 Å². The molecule has 6 rings (SSSR count). The highest BCUT2D eigenvalue weighted by atomic mass is 32.1. The number of amides is 3. The molecule has 1 saturated heterocycles. The average molecular weight is 720 g/mol. The number of alkyl carbamates (subject to hydrolysis) is 1. The number of allylic oxidation sites excluding steroid dienone is 1. The summed E-state index contributed by atoms with van der Waals surface area (Å²) in [5, 5.41) is 27.0. The molecule has 4 N–H and O–H groups in total. The third kappa shape index (κ3) is 7.98. The van der Waals surface area contributed by atoms with Gasteiger partial charge in [0, 0.05) is 12.3 Å². The maximum absolute atomic E-state index is 14.3. The Bertz CT molecular complexity index is 1870. The summed E-state index contributed by atoms with van der Waals surface area (Å²) in [7, 11) is 0. The van der Waals surface area contributed by atoms with Crippen LogP contribution in [0.25, 0.3) is 21.6 Å². The smallest absolute Gasteiger partial charge is 0.408 e. The zero-order valence-electron chi connectivity index (χ0n) is 28.6. The summed E-state index contributed by atoms with van der Waals surface area (Å²) in [5.41, 5.74) is -1.15. The van der Waals surface area contributed by atoms with Crippen LogP contribution < -0.4 is 15.4 Å². The number of hydrogen-bond donors (Lipinski definition) is 4. The number of aromatic nitrogens is 2. The van der Waals surface area contributed by atoms with E-state index in [9.17, 15) is 34.2 Å². The van der Waals surface area contributed by atoms with Crippen LogP contribution in [0.4, 0.5) is 4.79 Å². The van der Waals surface area contributed by atoms with E-state index < -0.39 is 59.2 Å². The Balaban J connectivity index is 1.34. The molecule has 1 aliphatic carbocycles. The Morgan fingerprint density at radius 3 is 2.59 bits per heavy atom. The predicted octanol–water partition coefficient (Wildman–Crippen LogP) is 4.78. The molecule has 3 amide bonds. The molecule has 5 atom stereocenters. The zero-order valence-corrected chi connectivity index (χ0v) is 29.4. The van der Waals surface area contributed by atoms with Crippen molar-refractivity contribution in [2.75, 3.05) is 6.54 Å². The molecule has 51 heavy (non-hydrogen) atoms. The lowest BCUT2D eigenvalue weighted by molar-refractivity contribution is -0.145. The molecule has 2 aliphatic heterocycles. The SMILES string of the molecule is CC(C)(C)OC(=O)N[C@H]1CCCCC/C=C\C2CC2(C(=O)O)NC(=O)C2C[C@@H](Oc3nc4ccc(C(=O)O)cc4nc3-c3cccs3)CN2C1=O. The summed E-state index contributed by atoms with van der Waals surface area (Å²) in [4.78, 5) is 76.8. The van der Waals surface area contributed by atoms with E-state index in [4.69, 9.17) is 14.5 Å². The number of nitrogens with one attached hydrogen (secondary N) is 2. The van der Waals surface area contributed by atoms with Crippen molar-refractivity contribution >= 4 is 52.2 Å². The first-order valence-corrected chi connectivity index (χ1v) is 17.9. The van der Waals surface area contributed by atoms with Crippen LogP contribution in [0, 0.1) is 5.92 Å². The fraction of sp³-hybridized carbons (Fsp3) is 0.472. The molecule has 4 heterocycles. The van der Waals surface area contributed by atoms with Gasteiger partial charge in [-0.15, -0.1) is 11.3 Å². The topological polar surface area (TPSA) is 197 Å². The lowest BCUT2D eigenvalue weighted by Crippen LogP contribution is -2.56. The van der Waals surface area contributed by atoms with Gasteiger partial charge >= 0.3 is 18.0 Å². The number of carboxylic acid groups (broad SMARTS) is 2. The van der Waals surface area contributed by atoms with E-state index in [1.165, 1.54) is 34.4 Å². The molecular weight excluding hydrogens is 678 g/mol. The molecule has 2 aromatic heterocycles. The summed E-state index contributed by atoms with van der Waals surface area (Å²) >= 11 is 1.38. The lowest BCUT2D eigenvalue weighted by atomic mass is 10.0. The second-order valence-electron chi connectivity index (χ2n) is 14.2.